The average molecular weight is 292 g/mol. The number of aryl methyl sites for hydroxylation is 2. The van der Waals surface area contributed by atoms with E-state index in [-0.39, 0.29) is 5.54 Å². The molecule has 2 aliphatic rings. The fraction of sp³-hybridized carbons (Fsp3) is 0.368. The van der Waals surface area contributed by atoms with Gasteiger partial charge in [-0.2, -0.15) is 0 Å². The zero-order chi connectivity index (χ0) is 15.2. The lowest BCUT2D eigenvalue weighted by molar-refractivity contribution is 0.236. The van der Waals surface area contributed by atoms with Crippen molar-refractivity contribution in [3.63, 3.8) is 0 Å². The summed E-state index contributed by atoms with van der Waals surface area (Å²) in [5.41, 5.74) is 6.51. The van der Waals surface area contributed by atoms with Crippen molar-refractivity contribution in [3.8, 4) is 11.1 Å². The van der Waals surface area contributed by atoms with Crippen molar-refractivity contribution in [2.75, 3.05) is 6.61 Å². The van der Waals surface area contributed by atoms with Crippen LogP contribution in [0.15, 0.2) is 41.7 Å². The SMILES string of the molecule is CC1=NC2(CCc3cccc(-c4cncc(C)c4)c3C2)CO1. The molecule has 1 aromatic carbocycles. The highest BCUT2D eigenvalue weighted by Gasteiger charge is 2.39. The maximum absolute atomic E-state index is 5.66. The van der Waals surface area contributed by atoms with E-state index in [9.17, 15) is 0 Å². The van der Waals surface area contributed by atoms with Gasteiger partial charge in [0.15, 0.2) is 5.90 Å². The third-order valence-corrected chi connectivity index (χ3v) is 4.77. The second kappa shape index (κ2) is 4.94. The third kappa shape index (κ3) is 2.21. The van der Waals surface area contributed by atoms with Crippen LogP contribution in [-0.4, -0.2) is 23.0 Å². The number of benzene rings is 1. The first-order valence-electron chi connectivity index (χ1n) is 7.87. The van der Waals surface area contributed by atoms with Crippen molar-refractivity contribution >= 4 is 5.90 Å². The van der Waals surface area contributed by atoms with Crippen molar-refractivity contribution in [1.82, 2.24) is 4.98 Å². The van der Waals surface area contributed by atoms with Gasteiger partial charge in [0.05, 0.1) is 0 Å². The van der Waals surface area contributed by atoms with Crippen molar-refractivity contribution in [1.29, 1.82) is 0 Å². The fourth-order valence-corrected chi connectivity index (χ4v) is 3.69. The zero-order valence-electron chi connectivity index (χ0n) is 13.1. The maximum atomic E-state index is 5.66. The summed E-state index contributed by atoms with van der Waals surface area (Å²) in [4.78, 5) is 9.17. The van der Waals surface area contributed by atoms with Crippen LogP contribution < -0.4 is 0 Å². The first-order chi connectivity index (χ1) is 10.7. The van der Waals surface area contributed by atoms with Crippen molar-refractivity contribution in [3.05, 3.63) is 53.3 Å². The van der Waals surface area contributed by atoms with Gasteiger partial charge >= 0.3 is 0 Å². The molecule has 1 unspecified atom stereocenters. The van der Waals surface area contributed by atoms with Crippen molar-refractivity contribution in [2.45, 2.75) is 38.6 Å². The molecule has 1 atom stereocenters. The standard InChI is InChI=1S/C19H20N2O/c1-13-8-16(11-20-10-13)17-5-3-4-15-6-7-19(9-18(15)17)12-22-14(2)21-19/h3-5,8,10-11H,6-7,9,12H2,1-2H3. The predicted octanol–water partition coefficient (Wildman–Crippen LogP) is 3.73. The largest absolute Gasteiger partial charge is 0.479 e. The van der Waals surface area contributed by atoms with Gasteiger partial charge in [-0.25, -0.2) is 4.99 Å². The average Bonchev–Trinajstić information content (AvgIpc) is 2.87. The Labute approximate surface area is 131 Å². The molecule has 2 aromatic rings. The number of hydrogen-bond donors (Lipinski definition) is 0. The van der Waals surface area contributed by atoms with Gasteiger partial charge in [-0.1, -0.05) is 18.2 Å². The number of nitrogens with zero attached hydrogens (tertiary/aromatic N) is 2. The lowest BCUT2D eigenvalue weighted by Gasteiger charge is -2.32. The Morgan fingerprint density at radius 1 is 1.18 bits per heavy atom. The van der Waals surface area contributed by atoms with Crippen LogP contribution in [0.25, 0.3) is 11.1 Å². The molecule has 0 amide bonds. The molecule has 1 aliphatic carbocycles. The topological polar surface area (TPSA) is 34.5 Å². The molecule has 0 saturated heterocycles. The number of pyridine rings is 1. The van der Waals surface area contributed by atoms with Gasteiger partial charge in [-0.15, -0.1) is 0 Å². The Bertz CT molecular complexity index is 766. The summed E-state index contributed by atoms with van der Waals surface area (Å²) in [5.74, 6) is 0.832. The molecule has 0 radical (unpaired) electrons. The number of aliphatic imine (C=N–C) groups is 1. The molecule has 22 heavy (non-hydrogen) atoms. The second-order valence-corrected chi connectivity index (χ2v) is 6.51. The van der Waals surface area contributed by atoms with Crippen LogP contribution >= 0.6 is 0 Å². The number of aromatic nitrogens is 1. The van der Waals surface area contributed by atoms with E-state index in [0.29, 0.717) is 0 Å². The Morgan fingerprint density at radius 2 is 2.09 bits per heavy atom. The summed E-state index contributed by atoms with van der Waals surface area (Å²) in [6, 6.07) is 8.83. The summed E-state index contributed by atoms with van der Waals surface area (Å²) < 4.78 is 5.66. The van der Waals surface area contributed by atoms with Crippen molar-refractivity contribution in [2.24, 2.45) is 4.99 Å². The van der Waals surface area contributed by atoms with Crippen LogP contribution in [0.1, 0.15) is 30.0 Å². The molecule has 3 heteroatoms. The smallest absolute Gasteiger partial charge is 0.180 e. The molecule has 0 bridgehead atoms. The normalized spacial score (nSPS) is 23.1. The maximum Gasteiger partial charge on any atom is 0.180 e. The van der Waals surface area contributed by atoms with E-state index in [2.05, 4.69) is 36.2 Å². The molecule has 4 rings (SSSR count). The van der Waals surface area contributed by atoms with E-state index in [1.54, 1.807) is 0 Å². The van der Waals surface area contributed by atoms with E-state index in [1.807, 2.05) is 19.3 Å². The summed E-state index contributed by atoms with van der Waals surface area (Å²) in [6.45, 7) is 4.77. The van der Waals surface area contributed by atoms with Gasteiger partial charge in [0.25, 0.3) is 0 Å². The zero-order valence-corrected chi connectivity index (χ0v) is 13.1. The number of fused-ring (bicyclic) bond motifs is 1. The van der Waals surface area contributed by atoms with Crippen LogP contribution in [0.4, 0.5) is 0 Å². The summed E-state index contributed by atoms with van der Waals surface area (Å²) in [6.07, 6.45) is 6.97. The van der Waals surface area contributed by atoms with E-state index in [1.165, 1.54) is 27.8 Å². The van der Waals surface area contributed by atoms with Crippen LogP contribution in [0.2, 0.25) is 0 Å². The van der Waals surface area contributed by atoms with Crippen LogP contribution in [-0.2, 0) is 17.6 Å². The molecule has 1 aromatic heterocycles. The first kappa shape index (κ1) is 13.5. The van der Waals surface area contributed by atoms with Gasteiger partial charge in [0.2, 0.25) is 0 Å². The van der Waals surface area contributed by atoms with Crippen LogP contribution in [0.5, 0.6) is 0 Å². The van der Waals surface area contributed by atoms with E-state index < -0.39 is 0 Å². The highest BCUT2D eigenvalue weighted by atomic mass is 16.5. The minimum absolute atomic E-state index is 0.0512. The van der Waals surface area contributed by atoms with Crippen LogP contribution in [0.3, 0.4) is 0 Å². The minimum atomic E-state index is -0.0512. The molecule has 0 N–H and O–H groups in total. The predicted molar refractivity (Wildman–Crippen MR) is 88.2 cm³/mol. The van der Waals surface area contributed by atoms with E-state index in [0.717, 1.165) is 31.8 Å². The molecule has 0 fully saturated rings. The Hall–Kier alpha value is -2.16. The Kier molecular flexibility index (Phi) is 3.03. The quantitative estimate of drug-likeness (QED) is 0.802. The van der Waals surface area contributed by atoms with Gasteiger partial charge in [0.1, 0.15) is 12.1 Å². The van der Waals surface area contributed by atoms with E-state index >= 15 is 0 Å². The van der Waals surface area contributed by atoms with Gasteiger partial charge in [-0.05, 0) is 48.1 Å². The molecular weight excluding hydrogens is 272 g/mol. The lowest BCUT2D eigenvalue weighted by Crippen LogP contribution is -2.35. The van der Waals surface area contributed by atoms with Gasteiger partial charge < -0.3 is 4.74 Å². The Balaban J connectivity index is 1.81. The highest BCUT2D eigenvalue weighted by molar-refractivity contribution is 5.76. The van der Waals surface area contributed by atoms with Gasteiger partial charge in [0, 0.05) is 31.3 Å². The fourth-order valence-electron chi connectivity index (χ4n) is 3.69. The highest BCUT2D eigenvalue weighted by Crippen LogP contribution is 2.39. The third-order valence-electron chi connectivity index (χ3n) is 4.77. The summed E-state index contributed by atoms with van der Waals surface area (Å²) in [5, 5.41) is 0. The summed E-state index contributed by atoms with van der Waals surface area (Å²) in [7, 11) is 0. The number of ether oxygens (including phenoxy) is 1. The summed E-state index contributed by atoms with van der Waals surface area (Å²) >= 11 is 0. The van der Waals surface area contributed by atoms with Gasteiger partial charge in [-0.3, -0.25) is 4.98 Å². The molecule has 1 spiro atoms. The molecule has 112 valence electrons. The van der Waals surface area contributed by atoms with Crippen molar-refractivity contribution < 1.29 is 4.74 Å². The first-order valence-corrected chi connectivity index (χ1v) is 7.87. The second-order valence-electron chi connectivity index (χ2n) is 6.51. The molecule has 1 aliphatic heterocycles. The molecule has 0 saturated carbocycles. The molecule has 2 heterocycles. The van der Waals surface area contributed by atoms with E-state index in [4.69, 9.17) is 9.73 Å². The minimum Gasteiger partial charge on any atom is -0.479 e. The molecular formula is C19H20N2O. The monoisotopic (exact) mass is 292 g/mol. The number of rotatable bonds is 1. The molecule has 3 nitrogen and oxygen atoms in total. The Morgan fingerprint density at radius 3 is 2.86 bits per heavy atom. The van der Waals surface area contributed by atoms with Crippen LogP contribution in [0, 0.1) is 6.92 Å². The number of hydrogen-bond acceptors (Lipinski definition) is 3. The lowest BCUT2D eigenvalue weighted by atomic mass is 9.76.